The summed E-state index contributed by atoms with van der Waals surface area (Å²) in [6, 6.07) is 0. The van der Waals surface area contributed by atoms with E-state index in [9.17, 15) is 9.59 Å². The van der Waals surface area contributed by atoms with E-state index in [4.69, 9.17) is 10.2 Å². The molecule has 0 aromatic carbocycles. The molecule has 3 N–H and O–H groups in total. The van der Waals surface area contributed by atoms with Gasteiger partial charge in [0.25, 0.3) is 11.5 Å². The molecule has 2 aromatic heterocycles. The second-order valence-electron chi connectivity index (χ2n) is 3.38. The van der Waals surface area contributed by atoms with Gasteiger partial charge in [-0.3, -0.25) is 9.59 Å². The summed E-state index contributed by atoms with van der Waals surface area (Å²) >= 11 is 0. The third-order valence-electron chi connectivity index (χ3n) is 2.47. The number of nitrogens with one attached hydrogen (secondary N) is 1. The van der Waals surface area contributed by atoms with Crippen LogP contribution in [0.4, 0.5) is 0 Å². The number of primary amides is 1. The Morgan fingerprint density at radius 3 is 2.73 bits per heavy atom. The molecular weight excluding hydrogens is 196 g/mol. The van der Waals surface area contributed by atoms with Crippen molar-refractivity contribution in [2.45, 2.75) is 13.8 Å². The van der Waals surface area contributed by atoms with Crippen LogP contribution in [0.2, 0.25) is 0 Å². The first-order valence-electron chi connectivity index (χ1n) is 4.43. The number of aryl methyl sites for hydroxylation is 2. The summed E-state index contributed by atoms with van der Waals surface area (Å²) in [5, 5.41) is 0.392. The molecule has 0 unspecified atom stereocenters. The number of fused-ring (bicyclic) bond motifs is 1. The maximum absolute atomic E-state index is 11.5. The molecule has 2 heterocycles. The molecule has 0 aliphatic rings. The Balaban J connectivity index is 3.01. The Bertz CT molecular complexity index is 607. The number of hydrogen-bond donors (Lipinski definition) is 2. The van der Waals surface area contributed by atoms with E-state index in [1.807, 2.05) is 0 Å². The van der Waals surface area contributed by atoms with Crippen molar-refractivity contribution in [1.29, 1.82) is 0 Å². The van der Waals surface area contributed by atoms with Gasteiger partial charge in [0.05, 0.1) is 10.9 Å². The van der Waals surface area contributed by atoms with Crippen molar-refractivity contribution < 1.29 is 9.21 Å². The van der Waals surface area contributed by atoms with Crippen molar-refractivity contribution >= 4 is 16.9 Å². The molecule has 15 heavy (non-hydrogen) atoms. The molecule has 78 valence electrons. The van der Waals surface area contributed by atoms with Crippen molar-refractivity contribution in [1.82, 2.24) is 4.98 Å². The molecule has 0 saturated heterocycles. The van der Waals surface area contributed by atoms with Crippen LogP contribution in [0.25, 0.3) is 11.0 Å². The fourth-order valence-corrected chi connectivity index (χ4v) is 1.55. The van der Waals surface area contributed by atoms with Crippen LogP contribution >= 0.6 is 0 Å². The molecule has 2 rings (SSSR count). The molecule has 5 nitrogen and oxygen atoms in total. The van der Waals surface area contributed by atoms with Gasteiger partial charge in [-0.1, -0.05) is 0 Å². The number of aromatic amines is 1. The normalized spacial score (nSPS) is 10.8. The zero-order chi connectivity index (χ0) is 11.2. The molecule has 1 amide bonds. The molecule has 0 bridgehead atoms. The predicted molar refractivity (Wildman–Crippen MR) is 54.8 cm³/mol. The van der Waals surface area contributed by atoms with Gasteiger partial charge in [0.2, 0.25) is 0 Å². The van der Waals surface area contributed by atoms with Gasteiger partial charge in [-0.15, -0.1) is 0 Å². The average Bonchev–Trinajstić information content (AvgIpc) is 2.44. The zero-order valence-electron chi connectivity index (χ0n) is 8.38. The van der Waals surface area contributed by atoms with Gasteiger partial charge in [-0.05, 0) is 13.8 Å². The second kappa shape index (κ2) is 2.98. The zero-order valence-corrected chi connectivity index (χ0v) is 8.38. The van der Waals surface area contributed by atoms with E-state index >= 15 is 0 Å². The van der Waals surface area contributed by atoms with Gasteiger partial charge in [-0.2, -0.15) is 0 Å². The maximum atomic E-state index is 11.5. The fraction of sp³-hybridized carbons (Fsp3) is 0.200. The Hall–Kier alpha value is -2.04. The Labute approximate surface area is 84.9 Å². The number of rotatable bonds is 1. The Kier molecular flexibility index (Phi) is 1.89. The first-order valence-corrected chi connectivity index (χ1v) is 4.43. The molecule has 2 aromatic rings. The number of amides is 1. The van der Waals surface area contributed by atoms with Gasteiger partial charge in [0.1, 0.15) is 5.76 Å². The highest BCUT2D eigenvalue weighted by atomic mass is 16.3. The summed E-state index contributed by atoms with van der Waals surface area (Å²) in [5.74, 6) is -0.00537. The van der Waals surface area contributed by atoms with Crippen LogP contribution in [0, 0.1) is 13.8 Å². The number of furan rings is 1. The topological polar surface area (TPSA) is 89.1 Å². The highest BCUT2D eigenvalue weighted by Crippen LogP contribution is 2.23. The lowest BCUT2D eigenvalue weighted by molar-refractivity contribution is 0.100. The average molecular weight is 206 g/mol. The molecule has 0 radical (unpaired) electrons. The SMILES string of the molecule is Cc1oc2c(C(N)=O)c[nH]c(=O)c2c1C. The lowest BCUT2D eigenvalue weighted by Gasteiger charge is -1.95. The van der Waals surface area contributed by atoms with Gasteiger partial charge in [0.15, 0.2) is 5.58 Å². The van der Waals surface area contributed by atoms with Crippen molar-refractivity contribution in [3.8, 4) is 0 Å². The summed E-state index contributed by atoms with van der Waals surface area (Å²) in [6.07, 6.45) is 1.27. The third kappa shape index (κ3) is 1.24. The number of carbonyl (C=O) groups is 1. The van der Waals surface area contributed by atoms with E-state index in [-0.39, 0.29) is 16.7 Å². The van der Waals surface area contributed by atoms with Gasteiger partial charge >= 0.3 is 0 Å². The highest BCUT2D eigenvalue weighted by Gasteiger charge is 2.16. The lowest BCUT2D eigenvalue weighted by Crippen LogP contribution is -2.15. The quantitative estimate of drug-likeness (QED) is 0.724. The minimum absolute atomic E-state index is 0.195. The molecule has 0 saturated carbocycles. The van der Waals surface area contributed by atoms with Crippen LogP contribution in [0.5, 0.6) is 0 Å². The van der Waals surface area contributed by atoms with Gasteiger partial charge < -0.3 is 15.1 Å². The van der Waals surface area contributed by atoms with Gasteiger partial charge in [0, 0.05) is 11.8 Å². The van der Waals surface area contributed by atoms with Crippen molar-refractivity contribution in [2.75, 3.05) is 0 Å². The molecule has 0 atom stereocenters. The summed E-state index contributed by atoms with van der Waals surface area (Å²) in [4.78, 5) is 25.1. The second-order valence-corrected chi connectivity index (χ2v) is 3.38. The number of pyridine rings is 1. The molecule has 0 aliphatic carbocycles. The van der Waals surface area contributed by atoms with Crippen LogP contribution in [0.1, 0.15) is 21.7 Å². The van der Waals surface area contributed by atoms with Crippen LogP contribution in [-0.4, -0.2) is 10.9 Å². The van der Waals surface area contributed by atoms with Crippen LogP contribution in [0.15, 0.2) is 15.4 Å². The lowest BCUT2D eigenvalue weighted by atomic mass is 10.1. The number of carbonyl (C=O) groups excluding carboxylic acids is 1. The van der Waals surface area contributed by atoms with E-state index in [1.165, 1.54) is 6.20 Å². The molecule has 5 heteroatoms. The van der Waals surface area contributed by atoms with Crippen molar-refractivity contribution in [2.24, 2.45) is 5.73 Å². The predicted octanol–water partition coefficient (Wildman–Crippen LogP) is 0.837. The largest absolute Gasteiger partial charge is 0.460 e. The van der Waals surface area contributed by atoms with Crippen LogP contribution < -0.4 is 11.3 Å². The summed E-state index contributed by atoms with van der Waals surface area (Å²) in [5.41, 5.74) is 6.09. The smallest absolute Gasteiger partial charge is 0.259 e. The third-order valence-corrected chi connectivity index (χ3v) is 2.47. The van der Waals surface area contributed by atoms with Gasteiger partial charge in [-0.25, -0.2) is 0 Å². The number of nitrogens with two attached hydrogens (primary N) is 1. The maximum Gasteiger partial charge on any atom is 0.259 e. The van der Waals surface area contributed by atoms with E-state index < -0.39 is 5.91 Å². The minimum Gasteiger partial charge on any atom is -0.460 e. The van der Waals surface area contributed by atoms with E-state index in [0.29, 0.717) is 11.1 Å². The van der Waals surface area contributed by atoms with E-state index in [1.54, 1.807) is 13.8 Å². The van der Waals surface area contributed by atoms with E-state index in [2.05, 4.69) is 4.98 Å². The highest BCUT2D eigenvalue weighted by molar-refractivity contribution is 6.04. The Morgan fingerprint density at radius 2 is 2.13 bits per heavy atom. The number of hydrogen-bond acceptors (Lipinski definition) is 3. The molecule has 0 aliphatic heterocycles. The fourth-order valence-electron chi connectivity index (χ4n) is 1.55. The monoisotopic (exact) mass is 206 g/mol. The van der Waals surface area contributed by atoms with Crippen molar-refractivity contribution in [3.05, 3.63) is 33.4 Å². The summed E-state index contributed by atoms with van der Waals surface area (Å²) < 4.78 is 5.35. The first-order chi connectivity index (χ1) is 7.02. The molecule has 0 fully saturated rings. The Morgan fingerprint density at radius 1 is 1.47 bits per heavy atom. The first kappa shape index (κ1) is 9.51. The summed E-state index contributed by atoms with van der Waals surface area (Å²) in [7, 11) is 0. The number of aromatic nitrogens is 1. The molecule has 0 spiro atoms. The van der Waals surface area contributed by atoms with E-state index in [0.717, 1.165) is 5.56 Å². The standard InChI is InChI=1S/C10H10N2O3/c1-4-5(2)15-8-6(9(11)13)3-12-10(14)7(4)8/h3H,1-2H3,(H2,11,13)(H,12,14). The van der Waals surface area contributed by atoms with Crippen LogP contribution in [-0.2, 0) is 0 Å². The molecular formula is C10H10N2O3. The van der Waals surface area contributed by atoms with Crippen molar-refractivity contribution in [3.63, 3.8) is 0 Å². The summed E-state index contributed by atoms with van der Waals surface area (Å²) in [6.45, 7) is 3.50. The minimum atomic E-state index is -0.620. The number of H-pyrrole nitrogens is 1. The van der Waals surface area contributed by atoms with Crippen LogP contribution in [0.3, 0.4) is 0 Å².